The van der Waals surface area contributed by atoms with Crippen LogP contribution in [0.2, 0.25) is 0 Å². The molecule has 0 radical (unpaired) electrons. The van der Waals surface area contributed by atoms with E-state index in [-0.39, 0.29) is 24.1 Å². The van der Waals surface area contributed by atoms with Gasteiger partial charge in [0.1, 0.15) is 6.61 Å². The van der Waals surface area contributed by atoms with Crippen molar-refractivity contribution >= 4 is 11.9 Å². The Balaban J connectivity index is 1.81. The Hall–Kier alpha value is -3.23. The van der Waals surface area contributed by atoms with Gasteiger partial charge in [0.05, 0.1) is 18.2 Å². The van der Waals surface area contributed by atoms with E-state index in [1.54, 1.807) is 24.3 Å². The molecule has 0 bridgehead atoms. The molecule has 0 saturated heterocycles. The molecule has 0 heterocycles. The summed E-state index contributed by atoms with van der Waals surface area (Å²) in [5, 5.41) is 4.72. The summed E-state index contributed by atoms with van der Waals surface area (Å²) in [5.41, 5.74) is -1.15. The number of hydrogen-bond donors (Lipinski definition) is 2. The summed E-state index contributed by atoms with van der Waals surface area (Å²) in [7, 11) is 1.21. The Morgan fingerprint density at radius 1 is 1.00 bits per heavy atom. The first kappa shape index (κ1) is 24.4. The fourth-order valence-corrected chi connectivity index (χ4v) is 3.81. The van der Waals surface area contributed by atoms with E-state index in [4.69, 9.17) is 9.47 Å². The van der Waals surface area contributed by atoms with Crippen molar-refractivity contribution in [3.63, 3.8) is 0 Å². The number of urea groups is 1. The monoisotopic (exact) mass is 464 g/mol. The van der Waals surface area contributed by atoms with Crippen molar-refractivity contribution in [2.45, 2.75) is 57.3 Å². The lowest BCUT2D eigenvalue weighted by Gasteiger charge is -2.19. The van der Waals surface area contributed by atoms with Crippen molar-refractivity contribution < 1.29 is 32.2 Å². The van der Waals surface area contributed by atoms with Gasteiger partial charge in [-0.2, -0.15) is 13.2 Å². The summed E-state index contributed by atoms with van der Waals surface area (Å²) in [5.74, 6) is -1.37. The third-order valence-corrected chi connectivity index (χ3v) is 5.51. The molecule has 0 unspecified atom stereocenters. The second kappa shape index (κ2) is 11.1. The van der Waals surface area contributed by atoms with Gasteiger partial charge in [0.2, 0.25) is 0 Å². The molecule has 2 N–H and O–H groups in total. The van der Waals surface area contributed by atoms with Crippen LogP contribution in [-0.4, -0.2) is 25.1 Å². The second-order valence-corrected chi connectivity index (χ2v) is 7.94. The van der Waals surface area contributed by atoms with Gasteiger partial charge in [-0.05, 0) is 30.5 Å². The van der Waals surface area contributed by atoms with Crippen LogP contribution in [0.3, 0.4) is 0 Å². The Labute approximate surface area is 190 Å². The Morgan fingerprint density at radius 2 is 1.67 bits per heavy atom. The van der Waals surface area contributed by atoms with Crippen LogP contribution < -0.4 is 20.1 Å². The Kier molecular flexibility index (Phi) is 8.19. The van der Waals surface area contributed by atoms with Gasteiger partial charge in [-0.15, -0.1) is 0 Å². The molecule has 9 heteroatoms. The molecule has 0 aromatic heterocycles. The minimum Gasteiger partial charge on any atom is -0.493 e. The molecule has 1 saturated carbocycles. The number of carbonyl (C=O) groups excluding carboxylic acids is 2. The van der Waals surface area contributed by atoms with Crippen molar-refractivity contribution in [1.82, 2.24) is 10.6 Å². The van der Waals surface area contributed by atoms with E-state index in [1.807, 2.05) is 11.4 Å². The zero-order chi connectivity index (χ0) is 23.8. The molecule has 0 aliphatic heterocycles. The lowest BCUT2D eigenvalue weighted by atomic mass is 10.0. The molecule has 1 fully saturated rings. The van der Waals surface area contributed by atoms with Gasteiger partial charge in [-0.3, -0.25) is 10.1 Å². The summed E-state index contributed by atoms with van der Waals surface area (Å²) >= 11 is 0. The van der Waals surface area contributed by atoms with Crippen LogP contribution in [0.4, 0.5) is 18.0 Å². The van der Waals surface area contributed by atoms with Gasteiger partial charge in [-0.1, -0.05) is 56.0 Å². The average molecular weight is 464 g/mol. The number of hydrogen-bond acceptors (Lipinski definition) is 4. The molecule has 33 heavy (non-hydrogen) atoms. The number of imide groups is 1. The predicted octanol–water partition coefficient (Wildman–Crippen LogP) is 5.46. The highest BCUT2D eigenvalue weighted by molar-refractivity contribution is 6.05. The highest BCUT2D eigenvalue weighted by Gasteiger charge is 2.37. The van der Waals surface area contributed by atoms with Crippen LogP contribution in [0.5, 0.6) is 11.5 Å². The van der Waals surface area contributed by atoms with Crippen LogP contribution in [0.15, 0.2) is 42.5 Å². The number of alkyl halides is 3. The zero-order valence-electron chi connectivity index (χ0n) is 18.3. The molecular weight excluding hydrogens is 437 g/mol. The van der Waals surface area contributed by atoms with E-state index >= 15 is 0 Å². The first-order valence-corrected chi connectivity index (χ1v) is 10.9. The molecule has 1 aliphatic carbocycles. The molecule has 1 aliphatic rings. The number of rotatable bonds is 6. The third kappa shape index (κ3) is 6.87. The first-order valence-electron chi connectivity index (χ1n) is 10.9. The molecule has 2 aromatic carbocycles. The number of carbonyl (C=O) groups is 2. The quantitative estimate of drug-likeness (QED) is 0.557. The van der Waals surface area contributed by atoms with E-state index in [2.05, 4.69) is 5.32 Å². The molecule has 3 rings (SSSR count). The maximum absolute atomic E-state index is 13.7. The van der Waals surface area contributed by atoms with Crippen molar-refractivity contribution in [1.29, 1.82) is 0 Å². The number of nitrogens with one attached hydrogen (secondary N) is 2. The van der Waals surface area contributed by atoms with Gasteiger partial charge < -0.3 is 14.8 Å². The minimum absolute atomic E-state index is 0.0383. The van der Waals surface area contributed by atoms with E-state index < -0.39 is 29.2 Å². The maximum atomic E-state index is 13.7. The van der Waals surface area contributed by atoms with Crippen LogP contribution in [-0.2, 0) is 12.8 Å². The van der Waals surface area contributed by atoms with Crippen LogP contribution >= 0.6 is 0 Å². The highest BCUT2D eigenvalue weighted by atomic mass is 19.4. The van der Waals surface area contributed by atoms with Crippen LogP contribution in [0, 0.1) is 0 Å². The predicted molar refractivity (Wildman–Crippen MR) is 116 cm³/mol. The fraction of sp³-hybridized carbons (Fsp3) is 0.417. The number of amides is 3. The number of benzene rings is 2. The van der Waals surface area contributed by atoms with E-state index in [9.17, 15) is 22.8 Å². The summed E-state index contributed by atoms with van der Waals surface area (Å²) < 4.78 is 51.8. The van der Waals surface area contributed by atoms with Gasteiger partial charge in [-0.25, -0.2) is 4.79 Å². The largest absolute Gasteiger partial charge is 0.493 e. The SMILES string of the molecule is COc1cc(C(F)(F)F)c(C(=O)NC(=O)NC2CCCCCC2)cc1OCc1ccccc1. The average Bonchev–Trinajstić information content (AvgIpc) is 3.05. The first-order chi connectivity index (χ1) is 15.8. The lowest BCUT2D eigenvalue weighted by Crippen LogP contribution is -2.44. The number of ether oxygens (including phenoxy) is 2. The molecule has 0 atom stereocenters. The van der Waals surface area contributed by atoms with Crippen LogP contribution in [0.1, 0.15) is 60.0 Å². The Morgan fingerprint density at radius 3 is 2.27 bits per heavy atom. The summed E-state index contributed by atoms with van der Waals surface area (Å²) in [6.07, 6.45) is 0.770. The lowest BCUT2D eigenvalue weighted by molar-refractivity contribution is -0.138. The zero-order valence-corrected chi connectivity index (χ0v) is 18.3. The highest BCUT2D eigenvalue weighted by Crippen LogP contribution is 2.39. The molecule has 2 aromatic rings. The van der Waals surface area contributed by atoms with Crippen molar-refractivity contribution in [2.75, 3.05) is 7.11 Å². The topological polar surface area (TPSA) is 76.7 Å². The van der Waals surface area contributed by atoms with Crippen molar-refractivity contribution in [2.24, 2.45) is 0 Å². The smallest absolute Gasteiger partial charge is 0.417 e. The number of methoxy groups -OCH3 is 1. The second-order valence-electron chi connectivity index (χ2n) is 7.94. The Bertz CT molecular complexity index is 956. The molecule has 178 valence electrons. The molecule has 6 nitrogen and oxygen atoms in total. The van der Waals surface area contributed by atoms with E-state index in [0.717, 1.165) is 50.2 Å². The summed E-state index contributed by atoms with van der Waals surface area (Å²) in [6.45, 7) is 0.0613. The number of halogens is 3. The normalized spacial score (nSPS) is 14.8. The van der Waals surface area contributed by atoms with Gasteiger partial charge in [0.15, 0.2) is 11.5 Å². The van der Waals surface area contributed by atoms with E-state index in [0.29, 0.717) is 6.07 Å². The van der Waals surface area contributed by atoms with Gasteiger partial charge in [0.25, 0.3) is 5.91 Å². The standard InChI is InChI=1S/C24H27F3N2O4/c1-32-20-14-19(24(25,26)27)18(13-21(20)33-15-16-9-5-4-6-10-16)22(30)29-23(31)28-17-11-7-2-3-8-12-17/h4-6,9-10,13-14,17H,2-3,7-8,11-12,15H2,1H3,(H2,28,29,30,31). The van der Waals surface area contributed by atoms with Gasteiger partial charge in [0, 0.05) is 6.04 Å². The minimum atomic E-state index is -4.84. The molecule has 3 amide bonds. The third-order valence-electron chi connectivity index (χ3n) is 5.51. The summed E-state index contributed by atoms with van der Waals surface area (Å²) in [6, 6.07) is 9.75. The summed E-state index contributed by atoms with van der Waals surface area (Å²) in [4.78, 5) is 25.0. The van der Waals surface area contributed by atoms with Crippen molar-refractivity contribution in [3.05, 3.63) is 59.2 Å². The maximum Gasteiger partial charge on any atom is 0.417 e. The van der Waals surface area contributed by atoms with Crippen molar-refractivity contribution in [3.8, 4) is 11.5 Å². The fourth-order valence-electron chi connectivity index (χ4n) is 3.81. The molecular formula is C24H27F3N2O4. The van der Waals surface area contributed by atoms with Gasteiger partial charge >= 0.3 is 12.2 Å². The van der Waals surface area contributed by atoms with Crippen LogP contribution in [0.25, 0.3) is 0 Å². The van der Waals surface area contributed by atoms with E-state index in [1.165, 1.54) is 7.11 Å². The molecule has 0 spiro atoms.